The summed E-state index contributed by atoms with van der Waals surface area (Å²) in [4.78, 5) is 14.7. The van der Waals surface area contributed by atoms with Crippen molar-refractivity contribution in [2.24, 2.45) is 0 Å². The largest absolute Gasteiger partial charge is 0.334 e. The number of nitrogens with zero attached hydrogens (tertiary/aromatic N) is 3. The van der Waals surface area contributed by atoms with Crippen molar-refractivity contribution in [3.63, 3.8) is 0 Å². The summed E-state index contributed by atoms with van der Waals surface area (Å²) in [6.45, 7) is 1.98. The lowest BCUT2D eigenvalue weighted by atomic mass is 10.1. The number of nitro groups is 1. The van der Waals surface area contributed by atoms with Crippen molar-refractivity contribution in [1.82, 2.24) is 10.1 Å². The first-order chi connectivity index (χ1) is 10.6. The summed E-state index contributed by atoms with van der Waals surface area (Å²) < 4.78 is 5.26. The standard InChI is InChI=1S/C16H13N3O3/c1-11-6-3-2-4-9-14(11)15-17-16(22-18-15)12-7-5-8-13(10-12)19(20)21/h2-3,5-10H,4H2,1H3. The van der Waals surface area contributed by atoms with E-state index in [1.165, 1.54) is 12.1 Å². The number of non-ortho nitro benzene ring substituents is 1. The summed E-state index contributed by atoms with van der Waals surface area (Å²) in [5, 5.41) is 14.8. The fraction of sp³-hybridized carbons (Fsp3) is 0.125. The normalized spacial score (nSPS) is 14.2. The lowest BCUT2D eigenvalue weighted by molar-refractivity contribution is -0.384. The van der Waals surface area contributed by atoms with E-state index in [1.807, 2.05) is 31.2 Å². The zero-order valence-electron chi connectivity index (χ0n) is 11.9. The number of nitro benzene ring substituents is 1. The molecule has 0 aliphatic heterocycles. The highest BCUT2D eigenvalue weighted by Gasteiger charge is 2.16. The van der Waals surface area contributed by atoms with Crippen LogP contribution in [0.25, 0.3) is 17.0 Å². The van der Waals surface area contributed by atoms with Crippen LogP contribution in [0.1, 0.15) is 19.2 Å². The number of rotatable bonds is 3. The third-order valence-corrected chi connectivity index (χ3v) is 3.34. The lowest BCUT2D eigenvalue weighted by Crippen LogP contribution is -1.90. The first-order valence-corrected chi connectivity index (χ1v) is 6.78. The Bertz CT molecular complexity index is 816. The first kappa shape index (κ1) is 13.9. The van der Waals surface area contributed by atoms with Crippen molar-refractivity contribution in [3.8, 4) is 11.5 Å². The number of hydrogen-bond acceptors (Lipinski definition) is 5. The zero-order valence-corrected chi connectivity index (χ0v) is 11.9. The molecule has 0 unspecified atom stereocenters. The van der Waals surface area contributed by atoms with Crippen LogP contribution in [0.5, 0.6) is 0 Å². The van der Waals surface area contributed by atoms with Gasteiger partial charge in [0.1, 0.15) is 0 Å². The molecule has 1 aromatic carbocycles. The van der Waals surface area contributed by atoms with Gasteiger partial charge in [-0.05, 0) is 25.0 Å². The minimum Gasteiger partial charge on any atom is -0.334 e. The summed E-state index contributed by atoms with van der Waals surface area (Å²) >= 11 is 0. The van der Waals surface area contributed by atoms with E-state index < -0.39 is 4.92 Å². The fourth-order valence-electron chi connectivity index (χ4n) is 2.20. The van der Waals surface area contributed by atoms with Crippen LogP contribution in [0.3, 0.4) is 0 Å². The number of hydrogen-bond donors (Lipinski definition) is 0. The van der Waals surface area contributed by atoms with Crippen LogP contribution in [0.2, 0.25) is 0 Å². The molecule has 6 heteroatoms. The molecule has 0 saturated carbocycles. The minimum absolute atomic E-state index is 0.00814. The van der Waals surface area contributed by atoms with Crippen molar-refractivity contribution in [2.75, 3.05) is 0 Å². The third kappa shape index (κ3) is 2.71. The SMILES string of the molecule is CC1=CC=CCC=C1c1noc(-c2cccc([N+](=O)[O-])c2)n1. The van der Waals surface area contributed by atoms with Crippen molar-refractivity contribution in [1.29, 1.82) is 0 Å². The van der Waals surface area contributed by atoms with Gasteiger partial charge in [-0.3, -0.25) is 10.1 Å². The van der Waals surface area contributed by atoms with Gasteiger partial charge in [-0.25, -0.2) is 0 Å². The predicted molar refractivity (Wildman–Crippen MR) is 81.9 cm³/mol. The van der Waals surface area contributed by atoms with Gasteiger partial charge >= 0.3 is 0 Å². The molecule has 0 fully saturated rings. The number of benzene rings is 1. The maximum atomic E-state index is 10.8. The molecule has 1 aliphatic carbocycles. The molecule has 0 N–H and O–H groups in total. The Balaban J connectivity index is 1.96. The van der Waals surface area contributed by atoms with E-state index in [0.717, 1.165) is 17.6 Å². The van der Waals surface area contributed by atoms with Gasteiger partial charge in [0.15, 0.2) is 0 Å². The van der Waals surface area contributed by atoms with E-state index in [4.69, 9.17) is 4.52 Å². The molecule has 0 radical (unpaired) electrons. The van der Waals surface area contributed by atoms with E-state index in [-0.39, 0.29) is 11.6 Å². The highest BCUT2D eigenvalue weighted by atomic mass is 16.6. The van der Waals surface area contributed by atoms with E-state index in [0.29, 0.717) is 11.4 Å². The zero-order chi connectivity index (χ0) is 15.5. The summed E-state index contributed by atoms with van der Waals surface area (Å²) in [6.07, 6.45) is 8.84. The Labute approximate surface area is 126 Å². The Morgan fingerprint density at radius 1 is 1.36 bits per heavy atom. The molecular weight excluding hydrogens is 282 g/mol. The molecule has 3 rings (SSSR count). The molecule has 0 amide bonds. The maximum Gasteiger partial charge on any atom is 0.270 e. The average Bonchev–Trinajstić information content (AvgIpc) is 2.91. The molecule has 0 saturated heterocycles. The van der Waals surface area contributed by atoms with E-state index in [1.54, 1.807) is 12.1 Å². The molecule has 110 valence electrons. The molecule has 1 heterocycles. The van der Waals surface area contributed by atoms with Crippen LogP contribution in [0, 0.1) is 10.1 Å². The quantitative estimate of drug-likeness (QED) is 0.632. The van der Waals surface area contributed by atoms with Crippen LogP contribution < -0.4 is 0 Å². The monoisotopic (exact) mass is 295 g/mol. The fourth-order valence-corrected chi connectivity index (χ4v) is 2.20. The van der Waals surface area contributed by atoms with Gasteiger partial charge in [0.05, 0.1) is 4.92 Å². The van der Waals surface area contributed by atoms with Crippen LogP contribution in [0.4, 0.5) is 5.69 Å². The Kier molecular flexibility index (Phi) is 3.65. The lowest BCUT2D eigenvalue weighted by Gasteiger charge is -2.00. The molecule has 0 bridgehead atoms. The smallest absolute Gasteiger partial charge is 0.270 e. The maximum absolute atomic E-state index is 10.8. The number of aromatic nitrogens is 2. The molecule has 22 heavy (non-hydrogen) atoms. The summed E-state index contributed by atoms with van der Waals surface area (Å²) in [5.74, 6) is 0.753. The summed E-state index contributed by atoms with van der Waals surface area (Å²) in [7, 11) is 0. The van der Waals surface area contributed by atoms with E-state index >= 15 is 0 Å². The molecule has 2 aromatic rings. The Morgan fingerprint density at radius 3 is 3.05 bits per heavy atom. The van der Waals surface area contributed by atoms with Crippen molar-refractivity contribution in [3.05, 3.63) is 70.1 Å². The van der Waals surface area contributed by atoms with Crippen LogP contribution in [0.15, 0.2) is 58.7 Å². The average molecular weight is 295 g/mol. The van der Waals surface area contributed by atoms with Gasteiger partial charge in [-0.1, -0.05) is 35.5 Å². The van der Waals surface area contributed by atoms with Crippen LogP contribution in [-0.2, 0) is 0 Å². The van der Waals surface area contributed by atoms with Gasteiger partial charge < -0.3 is 4.52 Å². The molecule has 6 nitrogen and oxygen atoms in total. The van der Waals surface area contributed by atoms with Gasteiger partial charge in [-0.2, -0.15) is 4.98 Å². The molecular formula is C16H13N3O3. The van der Waals surface area contributed by atoms with Crippen molar-refractivity contribution in [2.45, 2.75) is 13.3 Å². The second-order valence-corrected chi connectivity index (χ2v) is 4.86. The topological polar surface area (TPSA) is 82.1 Å². The van der Waals surface area contributed by atoms with Crippen molar-refractivity contribution >= 4 is 11.3 Å². The van der Waals surface area contributed by atoms with Gasteiger partial charge in [0.2, 0.25) is 5.82 Å². The van der Waals surface area contributed by atoms with Crippen LogP contribution in [-0.4, -0.2) is 15.1 Å². The number of allylic oxidation sites excluding steroid dienone is 6. The van der Waals surface area contributed by atoms with Crippen LogP contribution >= 0.6 is 0 Å². The van der Waals surface area contributed by atoms with Gasteiger partial charge in [0.25, 0.3) is 11.6 Å². The van der Waals surface area contributed by atoms with Gasteiger partial charge in [-0.15, -0.1) is 0 Å². The molecule has 0 atom stereocenters. The second-order valence-electron chi connectivity index (χ2n) is 4.86. The second kappa shape index (κ2) is 5.77. The molecule has 0 spiro atoms. The summed E-state index contributed by atoms with van der Waals surface area (Å²) in [6, 6.07) is 6.14. The minimum atomic E-state index is -0.451. The highest BCUT2D eigenvalue weighted by Crippen LogP contribution is 2.27. The first-order valence-electron chi connectivity index (χ1n) is 6.78. The van der Waals surface area contributed by atoms with Crippen molar-refractivity contribution < 1.29 is 9.45 Å². The predicted octanol–water partition coefficient (Wildman–Crippen LogP) is 3.93. The van der Waals surface area contributed by atoms with Gasteiger partial charge in [0, 0.05) is 23.3 Å². The Morgan fingerprint density at radius 2 is 2.23 bits per heavy atom. The summed E-state index contributed by atoms with van der Waals surface area (Å²) in [5.41, 5.74) is 2.47. The van der Waals surface area contributed by atoms with E-state index in [2.05, 4.69) is 10.1 Å². The Hall–Kier alpha value is -3.02. The highest BCUT2D eigenvalue weighted by molar-refractivity contribution is 5.76. The molecule has 1 aliphatic rings. The van der Waals surface area contributed by atoms with E-state index in [9.17, 15) is 10.1 Å². The molecule has 1 aromatic heterocycles. The third-order valence-electron chi connectivity index (χ3n) is 3.34.